The van der Waals surface area contributed by atoms with Gasteiger partial charge in [0.2, 0.25) is 5.91 Å². The summed E-state index contributed by atoms with van der Waals surface area (Å²) in [7, 11) is 0. The summed E-state index contributed by atoms with van der Waals surface area (Å²) in [5, 5.41) is 3.72. The molecule has 1 aliphatic heterocycles. The Hall–Kier alpha value is -1.78. The molecule has 0 aromatic heterocycles. The Morgan fingerprint density at radius 1 is 1.12 bits per heavy atom. The van der Waals surface area contributed by atoms with Crippen molar-refractivity contribution < 1.29 is 9.53 Å². The van der Waals surface area contributed by atoms with Crippen molar-refractivity contribution in [3.8, 4) is 0 Å². The lowest BCUT2D eigenvalue weighted by Crippen LogP contribution is -2.17. The molecule has 1 N–H and O–H groups in total. The molecule has 0 bridgehead atoms. The number of aryl methyl sites for hydroxylation is 2. The first-order valence-corrected chi connectivity index (χ1v) is 10.4. The van der Waals surface area contributed by atoms with Crippen molar-refractivity contribution in [3.05, 3.63) is 65.2 Å². The Kier molecular flexibility index (Phi) is 7.15. The van der Waals surface area contributed by atoms with Gasteiger partial charge in [-0.05, 0) is 49.4 Å². The minimum absolute atomic E-state index is 0.0693. The van der Waals surface area contributed by atoms with Crippen LogP contribution in [0.2, 0.25) is 0 Å². The largest absolute Gasteiger partial charge is 0.381 e. The predicted molar refractivity (Wildman–Crippen MR) is 110 cm³/mol. The van der Waals surface area contributed by atoms with Crippen LogP contribution in [0.4, 0.5) is 5.69 Å². The molecule has 26 heavy (non-hydrogen) atoms. The smallest absolute Gasteiger partial charge is 0.224 e. The molecule has 1 amide bonds. The topological polar surface area (TPSA) is 38.3 Å². The highest BCUT2D eigenvalue weighted by Crippen LogP contribution is 2.26. The molecule has 0 saturated carbocycles. The van der Waals surface area contributed by atoms with Crippen molar-refractivity contribution in [2.24, 2.45) is 0 Å². The second kappa shape index (κ2) is 9.79. The standard InChI is InChI=1S/C22H27NO2S/c1-17-5-7-18(8-6-17)9-10-22(24)23-20-4-2-3-19(15-20)16-26-21-11-13-25-14-12-21/h2-8,15,21H,9-14,16H2,1H3,(H,23,24). The fraction of sp³-hybridized carbons (Fsp3) is 0.409. The van der Waals surface area contributed by atoms with Crippen LogP contribution in [0.1, 0.15) is 36.0 Å². The van der Waals surface area contributed by atoms with Crippen molar-refractivity contribution in [3.63, 3.8) is 0 Å². The summed E-state index contributed by atoms with van der Waals surface area (Å²) in [5.74, 6) is 1.05. The molecule has 2 aromatic carbocycles. The van der Waals surface area contributed by atoms with Crippen molar-refractivity contribution in [2.75, 3.05) is 18.5 Å². The van der Waals surface area contributed by atoms with Crippen LogP contribution in [0.3, 0.4) is 0 Å². The van der Waals surface area contributed by atoms with E-state index >= 15 is 0 Å². The van der Waals surface area contributed by atoms with E-state index in [9.17, 15) is 4.79 Å². The summed E-state index contributed by atoms with van der Waals surface area (Å²) in [5.41, 5.74) is 4.60. The van der Waals surface area contributed by atoms with E-state index in [0.29, 0.717) is 11.7 Å². The lowest BCUT2D eigenvalue weighted by Gasteiger charge is -2.21. The third kappa shape index (κ3) is 6.19. The van der Waals surface area contributed by atoms with Gasteiger partial charge in [-0.25, -0.2) is 0 Å². The number of hydrogen-bond acceptors (Lipinski definition) is 3. The number of anilines is 1. The van der Waals surface area contributed by atoms with Crippen LogP contribution in [0, 0.1) is 6.92 Å². The fourth-order valence-electron chi connectivity index (χ4n) is 3.03. The zero-order valence-corrected chi connectivity index (χ0v) is 16.2. The molecule has 4 heteroatoms. The number of hydrogen-bond donors (Lipinski definition) is 1. The van der Waals surface area contributed by atoms with Gasteiger partial charge in [0.05, 0.1) is 0 Å². The molecule has 3 rings (SSSR count). The summed E-state index contributed by atoms with van der Waals surface area (Å²) in [6.45, 7) is 3.84. The molecular weight excluding hydrogens is 342 g/mol. The highest BCUT2D eigenvalue weighted by molar-refractivity contribution is 7.99. The van der Waals surface area contributed by atoms with Gasteiger partial charge >= 0.3 is 0 Å². The molecule has 0 spiro atoms. The summed E-state index contributed by atoms with van der Waals surface area (Å²) >= 11 is 1.99. The van der Waals surface area contributed by atoms with E-state index in [1.54, 1.807) is 0 Å². The van der Waals surface area contributed by atoms with Crippen molar-refractivity contribution >= 4 is 23.4 Å². The highest BCUT2D eigenvalue weighted by Gasteiger charge is 2.14. The number of thioether (sulfide) groups is 1. The van der Waals surface area contributed by atoms with Gasteiger partial charge in [0.25, 0.3) is 0 Å². The van der Waals surface area contributed by atoms with Crippen LogP contribution in [0.25, 0.3) is 0 Å². The molecule has 138 valence electrons. The summed E-state index contributed by atoms with van der Waals surface area (Å²) in [6.07, 6.45) is 3.55. The number of carbonyl (C=O) groups is 1. The average Bonchev–Trinajstić information content (AvgIpc) is 2.67. The van der Waals surface area contributed by atoms with Crippen molar-refractivity contribution in [1.29, 1.82) is 0 Å². The number of carbonyl (C=O) groups excluding carboxylic acids is 1. The lowest BCUT2D eigenvalue weighted by molar-refractivity contribution is -0.116. The molecule has 1 fully saturated rings. The van der Waals surface area contributed by atoms with Crippen LogP contribution in [0.15, 0.2) is 48.5 Å². The van der Waals surface area contributed by atoms with E-state index in [4.69, 9.17) is 4.74 Å². The second-order valence-corrected chi connectivity index (χ2v) is 8.15. The normalized spacial score (nSPS) is 15.0. The average molecular weight is 370 g/mol. The maximum absolute atomic E-state index is 12.2. The Labute approximate surface area is 160 Å². The van der Waals surface area contributed by atoms with E-state index in [2.05, 4.69) is 48.6 Å². The first-order chi connectivity index (χ1) is 12.7. The van der Waals surface area contributed by atoms with Crippen molar-refractivity contribution in [1.82, 2.24) is 0 Å². The third-order valence-electron chi connectivity index (χ3n) is 4.63. The zero-order chi connectivity index (χ0) is 18.2. The fourth-order valence-corrected chi connectivity index (χ4v) is 4.17. The van der Waals surface area contributed by atoms with Gasteiger partial charge < -0.3 is 10.1 Å². The molecule has 0 radical (unpaired) electrons. The van der Waals surface area contributed by atoms with E-state index < -0.39 is 0 Å². The molecule has 3 nitrogen and oxygen atoms in total. The van der Waals surface area contributed by atoms with Crippen LogP contribution in [-0.4, -0.2) is 24.4 Å². The van der Waals surface area contributed by atoms with Gasteiger partial charge in [0.15, 0.2) is 0 Å². The van der Waals surface area contributed by atoms with Crippen LogP contribution < -0.4 is 5.32 Å². The van der Waals surface area contributed by atoms with E-state index in [1.165, 1.54) is 16.7 Å². The number of amides is 1. The molecule has 0 unspecified atom stereocenters. The minimum Gasteiger partial charge on any atom is -0.381 e. The summed E-state index contributed by atoms with van der Waals surface area (Å²) in [6, 6.07) is 16.6. The summed E-state index contributed by atoms with van der Waals surface area (Å²) in [4.78, 5) is 12.2. The quantitative estimate of drug-likeness (QED) is 0.748. The van der Waals surface area contributed by atoms with Gasteiger partial charge in [-0.1, -0.05) is 42.0 Å². The molecule has 1 aliphatic rings. The molecule has 2 aromatic rings. The van der Waals surface area contributed by atoms with Crippen LogP contribution in [0.5, 0.6) is 0 Å². The maximum Gasteiger partial charge on any atom is 0.224 e. The zero-order valence-electron chi connectivity index (χ0n) is 15.4. The minimum atomic E-state index is 0.0693. The molecule has 0 aliphatic carbocycles. The maximum atomic E-state index is 12.2. The molecule has 0 atom stereocenters. The van der Waals surface area contributed by atoms with Crippen LogP contribution in [-0.2, 0) is 21.7 Å². The van der Waals surface area contributed by atoms with Gasteiger partial charge in [-0.3, -0.25) is 4.79 Å². The lowest BCUT2D eigenvalue weighted by atomic mass is 10.1. The first kappa shape index (κ1) is 19.0. The Balaban J connectivity index is 1.46. The SMILES string of the molecule is Cc1ccc(CCC(=O)Nc2cccc(CSC3CCOCC3)c2)cc1. The monoisotopic (exact) mass is 369 g/mol. The Morgan fingerprint density at radius 2 is 1.88 bits per heavy atom. The Bertz CT molecular complexity index is 708. The highest BCUT2D eigenvalue weighted by atomic mass is 32.2. The molecule has 1 heterocycles. The second-order valence-electron chi connectivity index (χ2n) is 6.86. The predicted octanol–water partition coefficient (Wildman–Crippen LogP) is 4.98. The van der Waals surface area contributed by atoms with Gasteiger partial charge in [-0.2, -0.15) is 11.8 Å². The number of ether oxygens (including phenoxy) is 1. The first-order valence-electron chi connectivity index (χ1n) is 9.33. The van der Waals surface area contributed by atoms with E-state index in [1.807, 2.05) is 23.9 Å². The van der Waals surface area contributed by atoms with Crippen LogP contribution >= 0.6 is 11.8 Å². The number of benzene rings is 2. The van der Waals surface area contributed by atoms with E-state index in [-0.39, 0.29) is 5.91 Å². The molecule has 1 saturated heterocycles. The third-order valence-corrected chi connectivity index (χ3v) is 6.07. The van der Waals surface area contributed by atoms with Gasteiger partial charge in [0.1, 0.15) is 0 Å². The van der Waals surface area contributed by atoms with Gasteiger partial charge in [0, 0.05) is 36.3 Å². The Morgan fingerprint density at radius 3 is 2.65 bits per heavy atom. The van der Waals surface area contributed by atoms with E-state index in [0.717, 1.165) is 43.9 Å². The molecular formula is C22H27NO2S. The van der Waals surface area contributed by atoms with Crippen molar-refractivity contribution in [2.45, 2.75) is 43.6 Å². The summed E-state index contributed by atoms with van der Waals surface area (Å²) < 4.78 is 5.41. The number of rotatable bonds is 7. The van der Waals surface area contributed by atoms with Gasteiger partial charge in [-0.15, -0.1) is 0 Å². The number of nitrogens with one attached hydrogen (secondary N) is 1.